The maximum absolute atomic E-state index is 13.1. The number of carbonyl (C=O) groups is 2. The van der Waals surface area contributed by atoms with Gasteiger partial charge in [0.25, 0.3) is 11.8 Å². The van der Waals surface area contributed by atoms with Crippen LogP contribution < -0.4 is 10.2 Å². The zero-order valence-corrected chi connectivity index (χ0v) is 16.5. The van der Waals surface area contributed by atoms with Crippen LogP contribution in [0.4, 0.5) is 24.5 Å². The molecule has 0 bridgehead atoms. The quantitative estimate of drug-likeness (QED) is 0.561. The van der Waals surface area contributed by atoms with Gasteiger partial charge in [-0.2, -0.15) is 13.2 Å². The molecule has 8 heteroatoms. The second-order valence-electron chi connectivity index (χ2n) is 6.71. The first kappa shape index (κ1) is 19.9. The van der Waals surface area contributed by atoms with Crippen LogP contribution in [-0.4, -0.2) is 11.8 Å². The van der Waals surface area contributed by atoms with Crippen molar-refractivity contribution >= 4 is 40.1 Å². The SMILES string of the molecule is Cc1ccc(NC2=C(c3cccs3)C(=O)N(c3ccc(C(F)(F)F)cc3)C2=O)cc1. The number of nitrogens with one attached hydrogen (secondary N) is 1. The molecule has 4 rings (SSSR count). The lowest BCUT2D eigenvalue weighted by molar-refractivity contribution is -0.137. The average Bonchev–Trinajstić information content (AvgIpc) is 3.30. The minimum absolute atomic E-state index is 0.0766. The molecule has 1 N–H and O–H groups in total. The molecule has 1 aliphatic rings. The van der Waals surface area contributed by atoms with Crippen molar-refractivity contribution in [2.24, 2.45) is 0 Å². The van der Waals surface area contributed by atoms with Gasteiger partial charge in [-0.1, -0.05) is 23.8 Å². The molecule has 0 saturated carbocycles. The van der Waals surface area contributed by atoms with E-state index in [1.54, 1.807) is 29.6 Å². The van der Waals surface area contributed by atoms with Crippen LogP contribution in [0.15, 0.2) is 71.7 Å². The topological polar surface area (TPSA) is 49.4 Å². The number of nitrogens with zero attached hydrogens (tertiary/aromatic N) is 1. The normalized spacial score (nSPS) is 14.6. The fourth-order valence-corrected chi connectivity index (χ4v) is 3.88. The molecule has 0 spiro atoms. The summed E-state index contributed by atoms with van der Waals surface area (Å²) in [7, 11) is 0. The molecular weight excluding hydrogens is 413 g/mol. The highest BCUT2D eigenvalue weighted by molar-refractivity contribution is 7.11. The van der Waals surface area contributed by atoms with Crippen molar-refractivity contribution in [2.75, 3.05) is 10.2 Å². The molecule has 2 aromatic carbocycles. The van der Waals surface area contributed by atoms with Crippen molar-refractivity contribution in [3.8, 4) is 0 Å². The van der Waals surface area contributed by atoms with E-state index in [-0.39, 0.29) is 17.0 Å². The summed E-state index contributed by atoms with van der Waals surface area (Å²) < 4.78 is 38.6. The summed E-state index contributed by atoms with van der Waals surface area (Å²) in [6.45, 7) is 1.93. The Morgan fingerprint density at radius 3 is 2.13 bits per heavy atom. The summed E-state index contributed by atoms with van der Waals surface area (Å²) >= 11 is 1.30. The van der Waals surface area contributed by atoms with Gasteiger partial charge in [0.15, 0.2) is 0 Å². The first-order valence-electron chi connectivity index (χ1n) is 8.93. The minimum atomic E-state index is -4.50. The Labute approximate surface area is 174 Å². The molecule has 0 unspecified atom stereocenters. The number of thiophene rings is 1. The highest BCUT2D eigenvalue weighted by atomic mass is 32.1. The van der Waals surface area contributed by atoms with E-state index >= 15 is 0 Å². The van der Waals surface area contributed by atoms with Gasteiger partial charge in [-0.05, 0) is 54.8 Å². The Hall–Kier alpha value is -3.39. The molecule has 1 aromatic heterocycles. The molecule has 2 amide bonds. The largest absolute Gasteiger partial charge is 0.416 e. The van der Waals surface area contributed by atoms with Crippen LogP contribution in [0.2, 0.25) is 0 Å². The van der Waals surface area contributed by atoms with E-state index < -0.39 is 23.6 Å². The summed E-state index contributed by atoms with van der Waals surface area (Å²) in [5, 5.41) is 4.80. The Bertz CT molecular complexity index is 1130. The van der Waals surface area contributed by atoms with Crippen molar-refractivity contribution in [3.63, 3.8) is 0 Å². The third kappa shape index (κ3) is 3.61. The summed E-state index contributed by atoms with van der Waals surface area (Å²) in [5.74, 6) is -1.21. The number of carbonyl (C=O) groups excluding carboxylic acids is 2. The Morgan fingerprint density at radius 2 is 1.57 bits per heavy atom. The number of imide groups is 1. The molecular formula is C22H15F3N2O2S. The summed E-state index contributed by atoms with van der Waals surface area (Å²) in [5.41, 5.74) is 1.16. The second-order valence-corrected chi connectivity index (χ2v) is 7.66. The van der Waals surface area contributed by atoms with E-state index in [1.807, 2.05) is 19.1 Å². The van der Waals surface area contributed by atoms with Gasteiger partial charge in [0.2, 0.25) is 0 Å². The van der Waals surface area contributed by atoms with Gasteiger partial charge in [0.05, 0.1) is 16.8 Å². The molecule has 4 nitrogen and oxygen atoms in total. The summed E-state index contributed by atoms with van der Waals surface area (Å²) in [6, 6.07) is 14.7. The molecule has 3 aromatic rings. The van der Waals surface area contributed by atoms with E-state index in [0.717, 1.165) is 34.7 Å². The van der Waals surface area contributed by atoms with Crippen LogP contribution in [0.25, 0.3) is 5.57 Å². The van der Waals surface area contributed by atoms with Gasteiger partial charge >= 0.3 is 6.18 Å². The number of aryl methyl sites for hydroxylation is 1. The Morgan fingerprint density at radius 1 is 0.900 bits per heavy atom. The van der Waals surface area contributed by atoms with E-state index in [4.69, 9.17) is 0 Å². The van der Waals surface area contributed by atoms with E-state index in [9.17, 15) is 22.8 Å². The zero-order valence-electron chi connectivity index (χ0n) is 15.7. The molecule has 0 radical (unpaired) electrons. The molecule has 0 aliphatic carbocycles. The standard InChI is InChI=1S/C22H15F3N2O2S/c1-13-4-8-15(9-5-13)26-19-18(17-3-2-12-30-17)20(28)27(21(19)29)16-10-6-14(7-11-16)22(23,24)25/h2-12,26H,1H3. The molecule has 0 saturated heterocycles. The van der Waals surface area contributed by atoms with Crippen molar-refractivity contribution < 1.29 is 22.8 Å². The highest BCUT2D eigenvalue weighted by Crippen LogP contribution is 2.37. The fourth-order valence-electron chi connectivity index (χ4n) is 3.11. The third-order valence-electron chi connectivity index (χ3n) is 4.63. The number of rotatable bonds is 4. The van der Waals surface area contributed by atoms with Gasteiger partial charge in [-0.25, -0.2) is 4.90 Å². The van der Waals surface area contributed by atoms with Gasteiger partial charge < -0.3 is 5.32 Å². The number of hydrogen-bond acceptors (Lipinski definition) is 4. The number of halogens is 3. The van der Waals surface area contributed by atoms with Crippen LogP contribution in [0.5, 0.6) is 0 Å². The minimum Gasteiger partial charge on any atom is -0.350 e. The molecule has 0 fully saturated rings. The van der Waals surface area contributed by atoms with Crippen molar-refractivity contribution in [2.45, 2.75) is 13.1 Å². The fraction of sp³-hybridized carbons (Fsp3) is 0.0909. The number of hydrogen-bond donors (Lipinski definition) is 1. The number of amides is 2. The molecule has 1 aliphatic heterocycles. The Balaban J connectivity index is 1.74. The average molecular weight is 428 g/mol. The maximum Gasteiger partial charge on any atom is 0.416 e. The van der Waals surface area contributed by atoms with Crippen LogP contribution >= 0.6 is 11.3 Å². The number of alkyl halides is 3. The van der Waals surface area contributed by atoms with E-state index in [0.29, 0.717) is 10.6 Å². The predicted octanol–water partition coefficient (Wildman–Crippen LogP) is 5.47. The first-order chi connectivity index (χ1) is 14.3. The van der Waals surface area contributed by atoms with E-state index in [2.05, 4.69) is 5.32 Å². The van der Waals surface area contributed by atoms with Gasteiger partial charge in [-0.15, -0.1) is 11.3 Å². The monoisotopic (exact) mass is 428 g/mol. The van der Waals surface area contributed by atoms with Crippen molar-refractivity contribution in [3.05, 3.63) is 87.7 Å². The lowest BCUT2D eigenvalue weighted by Gasteiger charge is -2.16. The van der Waals surface area contributed by atoms with Crippen LogP contribution in [-0.2, 0) is 15.8 Å². The van der Waals surface area contributed by atoms with Crippen LogP contribution in [0.3, 0.4) is 0 Å². The molecule has 30 heavy (non-hydrogen) atoms. The molecule has 2 heterocycles. The zero-order chi connectivity index (χ0) is 21.5. The first-order valence-corrected chi connectivity index (χ1v) is 9.81. The molecule has 152 valence electrons. The lowest BCUT2D eigenvalue weighted by atomic mass is 10.1. The van der Waals surface area contributed by atoms with Gasteiger partial charge in [0, 0.05) is 10.6 Å². The highest BCUT2D eigenvalue weighted by Gasteiger charge is 2.41. The second kappa shape index (κ2) is 7.46. The number of benzene rings is 2. The summed E-state index contributed by atoms with van der Waals surface area (Å²) in [4.78, 5) is 27.8. The lowest BCUT2D eigenvalue weighted by Crippen LogP contribution is -2.32. The third-order valence-corrected chi connectivity index (χ3v) is 5.51. The molecule has 0 atom stereocenters. The Kier molecular flexibility index (Phi) is 4.95. The van der Waals surface area contributed by atoms with E-state index in [1.165, 1.54) is 11.3 Å². The van der Waals surface area contributed by atoms with Crippen molar-refractivity contribution in [1.29, 1.82) is 0 Å². The van der Waals surface area contributed by atoms with Crippen LogP contribution in [0.1, 0.15) is 16.0 Å². The predicted molar refractivity (Wildman–Crippen MR) is 110 cm³/mol. The van der Waals surface area contributed by atoms with Gasteiger partial charge in [-0.3, -0.25) is 9.59 Å². The summed E-state index contributed by atoms with van der Waals surface area (Å²) in [6.07, 6.45) is -4.50. The van der Waals surface area contributed by atoms with Crippen molar-refractivity contribution in [1.82, 2.24) is 0 Å². The number of anilines is 2. The van der Waals surface area contributed by atoms with Gasteiger partial charge in [0.1, 0.15) is 5.70 Å². The maximum atomic E-state index is 13.1. The van der Waals surface area contributed by atoms with Crippen LogP contribution in [0, 0.1) is 6.92 Å². The smallest absolute Gasteiger partial charge is 0.350 e.